The number of pyridine rings is 1. The van der Waals surface area contributed by atoms with Crippen LogP contribution in [0.25, 0.3) is 22.4 Å². The van der Waals surface area contributed by atoms with Crippen molar-refractivity contribution in [3.05, 3.63) is 60.3 Å². The molecule has 0 saturated carbocycles. The van der Waals surface area contributed by atoms with Crippen LogP contribution in [0.3, 0.4) is 0 Å². The van der Waals surface area contributed by atoms with E-state index in [4.69, 9.17) is 0 Å². The van der Waals surface area contributed by atoms with Gasteiger partial charge in [-0.15, -0.1) is 0 Å². The third-order valence-electron chi connectivity index (χ3n) is 3.52. The number of hydrogen-bond donors (Lipinski definition) is 0. The summed E-state index contributed by atoms with van der Waals surface area (Å²) in [6, 6.07) is 9.56. The van der Waals surface area contributed by atoms with E-state index in [0.29, 0.717) is 17.0 Å². The van der Waals surface area contributed by atoms with Crippen molar-refractivity contribution in [3.8, 4) is 22.4 Å². The molecule has 0 fully saturated rings. The molecule has 3 aromatic rings. The molecule has 24 heavy (non-hydrogen) atoms. The molecule has 1 aromatic carbocycles. The zero-order valence-electron chi connectivity index (χ0n) is 13.4. The first-order valence-corrected chi connectivity index (χ1v) is 6.98. The van der Waals surface area contributed by atoms with Crippen molar-refractivity contribution in [2.24, 2.45) is 7.05 Å². The number of carbonyl (C=O) groups is 1. The van der Waals surface area contributed by atoms with Gasteiger partial charge >= 0.3 is 18.9 Å². The molecule has 5 nitrogen and oxygen atoms in total. The van der Waals surface area contributed by atoms with Gasteiger partial charge in [0.15, 0.2) is 0 Å². The maximum Gasteiger partial charge on any atom is 1.00 e. The second-order valence-corrected chi connectivity index (χ2v) is 5.09. The van der Waals surface area contributed by atoms with Gasteiger partial charge in [-0.2, -0.15) is 5.10 Å². The average molecular weight is 317 g/mol. The van der Waals surface area contributed by atoms with Crippen molar-refractivity contribution in [3.63, 3.8) is 0 Å². The molecule has 0 atom stereocenters. The van der Waals surface area contributed by atoms with Crippen LogP contribution in [0.1, 0.15) is 5.69 Å². The number of aliphatic carboxylic acids is 1. The summed E-state index contributed by atoms with van der Waals surface area (Å²) >= 11 is 0. The zero-order chi connectivity index (χ0) is 16.4. The van der Waals surface area contributed by atoms with E-state index >= 15 is 0 Å². The van der Waals surface area contributed by atoms with Crippen molar-refractivity contribution < 1.29 is 33.2 Å². The van der Waals surface area contributed by atoms with Crippen LogP contribution in [0, 0.1) is 5.82 Å². The Balaban J connectivity index is 0.00000208. The van der Waals surface area contributed by atoms with Gasteiger partial charge in [0, 0.05) is 43.0 Å². The van der Waals surface area contributed by atoms with Crippen LogP contribution in [-0.4, -0.2) is 20.7 Å². The summed E-state index contributed by atoms with van der Waals surface area (Å²) in [5.41, 5.74) is 3.35. The molecule has 116 valence electrons. The zero-order valence-corrected chi connectivity index (χ0v) is 13.4. The van der Waals surface area contributed by atoms with Crippen molar-refractivity contribution in [1.29, 1.82) is 0 Å². The van der Waals surface area contributed by atoms with Crippen molar-refractivity contribution in [2.75, 3.05) is 0 Å². The van der Waals surface area contributed by atoms with Crippen LogP contribution in [0.4, 0.5) is 4.39 Å². The number of aromatic nitrogens is 3. The fourth-order valence-electron chi connectivity index (χ4n) is 2.60. The van der Waals surface area contributed by atoms with Gasteiger partial charge < -0.3 is 9.90 Å². The molecule has 0 aliphatic heterocycles. The number of hydrogen-bond acceptors (Lipinski definition) is 4. The number of aryl methyl sites for hydroxylation is 1. The molecule has 3 rings (SSSR count). The molecule has 0 unspecified atom stereocenters. The van der Waals surface area contributed by atoms with E-state index < -0.39 is 5.97 Å². The minimum absolute atomic E-state index is 0. The molecule has 2 aromatic heterocycles. The average Bonchev–Trinajstić information content (AvgIpc) is 2.84. The fraction of sp³-hybridized carbons (Fsp3) is 0.118. The summed E-state index contributed by atoms with van der Waals surface area (Å²) < 4.78 is 14.8. The Labute approximate surface area is 150 Å². The molecular formula is C17H13FLiN3O2. The van der Waals surface area contributed by atoms with Crippen molar-refractivity contribution in [1.82, 2.24) is 14.8 Å². The summed E-state index contributed by atoms with van der Waals surface area (Å²) in [6.07, 6.45) is 2.95. The Bertz CT molecular complexity index is 848. The van der Waals surface area contributed by atoms with Crippen LogP contribution < -0.4 is 24.0 Å². The molecule has 0 radical (unpaired) electrons. The SMILES string of the molecule is Cn1nc(CC(=O)[O-])c(-c2ccncc2)c1-c1ccc(F)cc1.[Li+]. The molecule has 2 heterocycles. The maximum absolute atomic E-state index is 13.2. The number of rotatable bonds is 4. The summed E-state index contributed by atoms with van der Waals surface area (Å²) in [4.78, 5) is 15.0. The van der Waals surface area contributed by atoms with Gasteiger partial charge in [-0.3, -0.25) is 9.67 Å². The monoisotopic (exact) mass is 317 g/mol. The quantitative estimate of drug-likeness (QED) is 0.554. The predicted molar refractivity (Wildman–Crippen MR) is 80.5 cm³/mol. The fourth-order valence-corrected chi connectivity index (χ4v) is 2.60. The predicted octanol–water partition coefficient (Wildman–Crippen LogP) is -1.42. The number of halogens is 1. The molecular weight excluding hydrogens is 304 g/mol. The largest absolute Gasteiger partial charge is 1.00 e. The maximum atomic E-state index is 13.2. The van der Waals surface area contributed by atoms with Gasteiger partial charge in [0.2, 0.25) is 0 Å². The van der Waals surface area contributed by atoms with Gasteiger partial charge in [-0.05, 0) is 42.0 Å². The minimum Gasteiger partial charge on any atom is -0.550 e. The summed E-state index contributed by atoms with van der Waals surface area (Å²) in [6.45, 7) is 0. The van der Waals surface area contributed by atoms with Crippen molar-refractivity contribution >= 4 is 5.97 Å². The number of carboxylic acids is 1. The normalized spacial score (nSPS) is 10.2. The van der Waals surface area contributed by atoms with E-state index in [0.717, 1.165) is 11.1 Å². The Kier molecular flexibility index (Phi) is 5.55. The summed E-state index contributed by atoms with van der Waals surface area (Å²) in [5, 5.41) is 15.3. The third-order valence-corrected chi connectivity index (χ3v) is 3.52. The molecule has 0 aliphatic rings. The van der Waals surface area contributed by atoms with E-state index in [2.05, 4.69) is 10.1 Å². The topological polar surface area (TPSA) is 70.8 Å². The van der Waals surface area contributed by atoms with Crippen LogP contribution >= 0.6 is 0 Å². The van der Waals surface area contributed by atoms with Gasteiger partial charge in [-0.25, -0.2) is 4.39 Å². The van der Waals surface area contributed by atoms with Crippen molar-refractivity contribution in [2.45, 2.75) is 6.42 Å². The first kappa shape index (κ1) is 17.9. The number of nitrogens with zero attached hydrogens (tertiary/aromatic N) is 3. The molecule has 0 bridgehead atoms. The van der Waals surface area contributed by atoms with Crippen LogP contribution in [0.5, 0.6) is 0 Å². The molecule has 7 heteroatoms. The molecule has 0 aliphatic carbocycles. The second kappa shape index (κ2) is 7.43. The first-order chi connectivity index (χ1) is 11.1. The molecule has 0 N–H and O–H groups in total. The number of carboxylic acid groups (broad SMARTS) is 1. The standard InChI is InChI=1S/C17H14FN3O2.Li/c1-21-17(12-2-4-13(18)5-3-12)16(11-6-8-19-9-7-11)14(20-21)10-15(22)23;/h2-9H,10H2,1H3,(H,22,23);/q;+1/p-1. The van der Waals surface area contributed by atoms with E-state index in [9.17, 15) is 14.3 Å². The van der Waals surface area contributed by atoms with Crippen LogP contribution in [0.2, 0.25) is 0 Å². The Morgan fingerprint density at radius 3 is 2.33 bits per heavy atom. The van der Waals surface area contributed by atoms with Crippen LogP contribution in [0.15, 0.2) is 48.8 Å². The Morgan fingerprint density at radius 1 is 1.12 bits per heavy atom. The van der Waals surface area contributed by atoms with E-state index in [1.54, 1.807) is 48.4 Å². The van der Waals surface area contributed by atoms with Gasteiger partial charge in [0.1, 0.15) is 5.82 Å². The summed E-state index contributed by atoms with van der Waals surface area (Å²) in [5.74, 6) is -1.54. The van der Waals surface area contributed by atoms with E-state index in [1.165, 1.54) is 12.1 Å². The van der Waals surface area contributed by atoms with E-state index in [-0.39, 0.29) is 31.1 Å². The number of carbonyl (C=O) groups excluding carboxylic acids is 1. The molecule has 0 spiro atoms. The Morgan fingerprint density at radius 2 is 1.75 bits per heavy atom. The first-order valence-electron chi connectivity index (χ1n) is 6.98. The van der Waals surface area contributed by atoms with Crippen LogP contribution in [-0.2, 0) is 18.3 Å². The molecule has 0 saturated heterocycles. The third kappa shape index (κ3) is 3.56. The molecule has 0 amide bonds. The van der Waals surface area contributed by atoms with Gasteiger partial charge in [-0.1, -0.05) is 0 Å². The van der Waals surface area contributed by atoms with E-state index in [1.807, 2.05) is 0 Å². The number of benzene rings is 1. The van der Waals surface area contributed by atoms with Gasteiger partial charge in [0.05, 0.1) is 11.4 Å². The Hall–Kier alpha value is -2.42. The second-order valence-electron chi connectivity index (χ2n) is 5.09. The minimum atomic E-state index is -1.20. The summed E-state index contributed by atoms with van der Waals surface area (Å²) in [7, 11) is 1.72. The smallest absolute Gasteiger partial charge is 0.550 e. The van der Waals surface area contributed by atoms with Gasteiger partial charge in [0.25, 0.3) is 0 Å².